The van der Waals surface area contributed by atoms with Crippen LogP contribution in [0, 0.1) is 10.1 Å². The number of nitro benzene ring substituents is 1. The third-order valence-corrected chi connectivity index (χ3v) is 5.21. The second-order valence-corrected chi connectivity index (χ2v) is 6.91. The van der Waals surface area contributed by atoms with Crippen molar-refractivity contribution >= 4 is 46.0 Å². The molecule has 0 saturated heterocycles. The summed E-state index contributed by atoms with van der Waals surface area (Å²) in [4.78, 5) is 28.4. The van der Waals surface area contributed by atoms with E-state index in [2.05, 4.69) is 4.98 Å². The first-order chi connectivity index (χ1) is 12.1. The van der Waals surface area contributed by atoms with Gasteiger partial charge in [-0.3, -0.25) is 10.1 Å². The predicted molar refractivity (Wildman–Crippen MR) is 98.4 cm³/mol. The lowest BCUT2D eigenvalue weighted by Gasteiger charge is -2.01. The van der Waals surface area contributed by atoms with E-state index in [1.807, 2.05) is 18.2 Å². The summed E-state index contributed by atoms with van der Waals surface area (Å²) in [5.74, 6) is -0.458. The number of nitro groups is 1. The SMILES string of the molecule is COC(=O)/C(=C/c1ccc(-c2cccc([N+](=O)[O-])c2)s1)c1nccs1. The van der Waals surface area contributed by atoms with Gasteiger partial charge in [0.15, 0.2) is 0 Å². The molecule has 1 aromatic carbocycles. The highest BCUT2D eigenvalue weighted by molar-refractivity contribution is 7.16. The molecule has 8 heteroatoms. The number of ether oxygens (including phenoxy) is 1. The lowest BCUT2D eigenvalue weighted by molar-refractivity contribution is -0.384. The molecule has 3 rings (SSSR count). The number of hydrogen-bond donors (Lipinski definition) is 0. The van der Waals surface area contributed by atoms with Crippen LogP contribution in [0.4, 0.5) is 5.69 Å². The Labute approximate surface area is 151 Å². The second kappa shape index (κ2) is 7.37. The molecule has 2 heterocycles. The summed E-state index contributed by atoms with van der Waals surface area (Å²) < 4.78 is 4.83. The Hall–Kier alpha value is -2.84. The molecule has 0 N–H and O–H groups in total. The van der Waals surface area contributed by atoms with Crippen LogP contribution in [0.1, 0.15) is 9.88 Å². The second-order valence-electron chi connectivity index (χ2n) is 4.90. The zero-order chi connectivity index (χ0) is 17.8. The molecule has 126 valence electrons. The van der Waals surface area contributed by atoms with E-state index < -0.39 is 10.9 Å². The maximum absolute atomic E-state index is 12.0. The van der Waals surface area contributed by atoms with Crippen LogP contribution in [-0.2, 0) is 9.53 Å². The summed E-state index contributed by atoms with van der Waals surface area (Å²) in [7, 11) is 1.33. The Morgan fingerprint density at radius 3 is 2.84 bits per heavy atom. The van der Waals surface area contributed by atoms with Crippen LogP contribution in [0.15, 0.2) is 48.0 Å². The van der Waals surface area contributed by atoms with Crippen molar-refractivity contribution in [1.29, 1.82) is 0 Å². The fourth-order valence-corrected chi connectivity index (χ4v) is 3.76. The number of nitrogens with zero attached hydrogens (tertiary/aromatic N) is 2. The molecule has 0 saturated carbocycles. The van der Waals surface area contributed by atoms with Gasteiger partial charge in [0.1, 0.15) is 5.01 Å². The zero-order valence-electron chi connectivity index (χ0n) is 13.0. The van der Waals surface area contributed by atoms with E-state index in [1.54, 1.807) is 23.7 Å². The van der Waals surface area contributed by atoms with Crippen molar-refractivity contribution in [3.8, 4) is 10.4 Å². The van der Waals surface area contributed by atoms with E-state index in [4.69, 9.17) is 4.74 Å². The van der Waals surface area contributed by atoms with E-state index in [1.165, 1.54) is 41.9 Å². The standard InChI is InChI=1S/C17H12N2O4S2/c1-23-17(20)14(16-18-7-8-24-16)10-13-5-6-15(25-13)11-3-2-4-12(9-11)19(21)22/h2-10H,1H3/b14-10+. The lowest BCUT2D eigenvalue weighted by atomic mass is 10.1. The molecule has 0 aliphatic carbocycles. The normalized spacial score (nSPS) is 11.3. The predicted octanol–water partition coefficient (Wildman–Crippen LogP) is 4.49. The summed E-state index contributed by atoms with van der Waals surface area (Å²) in [5.41, 5.74) is 1.18. The van der Waals surface area contributed by atoms with Gasteiger partial charge in [-0.2, -0.15) is 0 Å². The van der Waals surface area contributed by atoms with Crippen molar-refractivity contribution in [2.75, 3.05) is 7.11 Å². The van der Waals surface area contributed by atoms with E-state index in [0.717, 1.165) is 15.3 Å². The minimum atomic E-state index is -0.458. The Morgan fingerprint density at radius 2 is 2.16 bits per heavy atom. The fourth-order valence-electron chi connectivity index (χ4n) is 2.17. The van der Waals surface area contributed by atoms with Crippen molar-refractivity contribution < 1.29 is 14.5 Å². The average molecular weight is 372 g/mol. The van der Waals surface area contributed by atoms with Crippen LogP contribution in [-0.4, -0.2) is 23.0 Å². The van der Waals surface area contributed by atoms with Crippen LogP contribution < -0.4 is 0 Å². The molecule has 0 bridgehead atoms. The van der Waals surface area contributed by atoms with Gasteiger partial charge >= 0.3 is 5.97 Å². The maximum atomic E-state index is 12.0. The highest BCUT2D eigenvalue weighted by atomic mass is 32.1. The molecule has 0 spiro atoms. The number of hydrogen-bond acceptors (Lipinski definition) is 7. The summed E-state index contributed by atoms with van der Waals surface area (Å²) in [6.45, 7) is 0. The van der Waals surface area contributed by atoms with E-state index >= 15 is 0 Å². The smallest absolute Gasteiger partial charge is 0.340 e. The number of aromatic nitrogens is 1. The van der Waals surface area contributed by atoms with Crippen molar-refractivity contribution in [3.63, 3.8) is 0 Å². The number of carbonyl (C=O) groups excluding carboxylic acids is 1. The summed E-state index contributed by atoms with van der Waals surface area (Å²) >= 11 is 2.78. The molecule has 0 amide bonds. The Kier molecular flexibility index (Phi) is 5.01. The van der Waals surface area contributed by atoms with Gasteiger partial charge in [-0.1, -0.05) is 12.1 Å². The number of thiazole rings is 1. The molecule has 0 radical (unpaired) electrons. The van der Waals surface area contributed by atoms with Gasteiger partial charge in [0.25, 0.3) is 5.69 Å². The molecule has 0 fully saturated rings. The topological polar surface area (TPSA) is 82.3 Å². The number of rotatable bonds is 5. The number of esters is 1. The number of carbonyl (C=O) groups is 1. The fraction of sp³-hybridized carbons (Fsp3) is 0.0588. The molecule has 3 aromatic rings. The minimum absolute atomic E-state index is 0.0426. The van der Waals surface area contributed by atoms with Crippen LogP contribution in [0.3, 0.4) is 0 Å². The van der Waals surface area contributed by atoms with Crippen molar-refractivity contribution in [1.82, 2.24) is 4.98 Å². The third-order valence-electron chi connectivity index (χ3n) is 3.32. The summed E-state index contributed by atoms with van der Waals surface area (Å²) in [5, 5.41) is 13.3. The van der Waals surface area contributed by atoms with Gasteiger partial charge in [-0.05, 0) is 23.8 Å². The van der Waals surface area contributed by atoms with E-state index in [0.29, 0.717) is 10.6 Å². The van der Waals surface area contributed by atoms with Crippen LogP contribution >= 0.6 is 22.7 Å². The Bertz CT molecular complexity index is 945. The zero-order valence-corrected chi connectivity index (χ0v) is 14.7. The molecule has 0 unspecified atom stereocenters. The number of non-ortho nitro benzene ring substituents is 1. The van der Waals surface area contributed by atoms with Crippen molar-refractivity contribution in [3.05, 3.63) is 68.0 Å². The third kappa shape index (κ3) is 3.81. The molecular weight excluding hydrogens is 360 g/mol. The van der Waals surface area contributed by atoms with Crippen LogP contribution in [0.5, 0.6) is 0 Å². The molecule has 0 aliphatic rings. The molecular formula is C17H12N2O4S2. The van der Waals surface area contributed by atoms with Crippen LogP contribution in [0.25, 0.3) is 22.1 Å². The molecule has 2 aromatic heterocycles. The van der Waals surface area contributed by atoms with Gasteiger partial charge < -0.3 is 4.74 Å². The lowest BCUT2D eigenvalue weighted by Crippen LogP contribution is -2.03. The largest absolute Gasteiger partial charge is 0.465 e. The van der Waals surface area contributed by atoms with Gasteiger partial charge in [0.05, 0.1) is 17.6 Å². The quantitative estimate of drug-likeness (QED) is 0.285. The Morgan fingerprint density at radius 1 is 1.32 bits per heavy atom. The number of benzene rings is 1. The first-order valence-corrected chi connectivity index (χ1v) is 8.82. The monoisotopic (exact) mass is 372 g/mol. The van der Waals surface area contributed by atoms with Gasteiger partial charge in [0.2, 0.25) is 0 Å². The molecule has 25 heavy (non-hydrogen) atoms. The number of thiophene rings is 1. The maximum Gasteiger partial charge on any atom is 0.340 e. The average Bonchev–Trinajstić information content (AvgIpc) is 3.31. The van der Waals surface area contributed by atoms with Crippen LogP contribution in [0.2, 0.25) is 0 Å². The van der Waals surface area contributed by atoms with Crippen molar-refractivity contribution in [2.24, 2.45) is 0 Å². The van der Waals surface area contributed by atoms with E-state index in [9.17, 15) is 14.9 Å². The van der Waals surface area contributed by atoms with Gasteiger partial charge in [0, 0.05) is 33.5 Å². The van der Waals surface area contributed by atoms with E-state index in [-0.39, 0.29) is 5.69 Å². The summed E-state index contributed by atoms with van der Waals surface area (Å²) in [6.07, 6.45) is 3.34. The molecule has 6 nitrogen and oxygen atoms in total. The van der Waals surface area contributed by atoms with Gasteiger partial charge in [-0.15, -0.1) is 22.7 Å². The highest BCUT2D eigenvalue weighted by Gasteiger charge is 2.16. The first kappa shape index (κ1) is 17.0. The Balaban J connectivity index is 1.96. The molecule has 0 atom stereocenters. The highest BCUT2D eigenvalue weighted by Crippen LogP contribution is 2.32. The van der Waals surface area contributed by atoms with Gasteiger partial charge in [-0.25, -0.2) is 9.78 Å². The molecule has 0 aliphatic heterocycles. The first-order valence-electron chi connectivity index (χ1n) is 7.13. The summed E-state index contributed by atoms with van der Waals surface area (Å²) in [6, 6.07) is 10.2. The number of methoxy groups -OCH3 is 1. The minimum Gasteiger partial charge on any atom is -0.465 e. The van der Waals surface area contributed by atoms with Crippen molar-refractivity contribution in [2.45, 2.75) is 0 Å².